The molecule has 1 aromatic heterocycles. The van der Waals surface area contributed by atoms with E-state index in [4.69, 9.17) is 9.47 Å². The second-order valence-electron chi connectivity index (χ2n) is 11.2. The van der Waals surface area contributed by atoms with Crippen molar-refractivity contribution in [3.8, 4) is 0 Å². The Morgan fingerprint density at radius 2 is 1.74 bits per heavy atom. The molecule has 246 valence electrons. The number of benzene rings is 2. The van der Waals surface area contributed by atoms with E-state index in [1.54, 1.807) is 49.2 Å². The van der Waals surface area contributed by atoms with E-state index in [2.05, 4.69) is 20.3 Å². The van der Waals surface area contributed by atoms with Crippen LogP contribution in [0, 0.1) is 20.8 Å². The number of anilines is 1. The molecule has 1 aliphatic heterocycles. The van der Waals surface area contributed by atoms with Gasteiger partial charge in [0.2, 0.25) is 15.9 Å². The van der Waals surface area contributed by atoms with E-state index in [0.29, 0.717) is 29.9 Å². The smallest absolute Gasteiger partial charge is 0.410 e. The third kappa shape index (κ3) is 9.49. The van der Waals surface area contributed by atoms with E-state index in [1.807, 2.05) is 43.3 Å². The summed E-state index contributed by atoms with van der Waals surface area (Å²) >= 11 is 0. The van der Waals surface area contributed by atoms with Crippen molar-refractivity contribution >= 4 is 33.8 Å². The molecular formula is C32H39N5O8S. The maximum Gasteiger partial charge on any atom is 0.410 e. The van der Waals surface area contributed by atoms with Crippen LogP contribution in [-0.2, 0) is 35.7 Å². The van der Waals surface area contributed by atoms with Crippen molar-refractivity contribution in [3.63, 3.8) is 0 Å². The lowest BCUT2D eigenvalue weighted by Gasteiger charge is -2.24. The van der Waals surface area contributed by atoms with Crippen molar-refractivity contribution < 1.29 is 37.4 Å². The standard InChI is InChI=1S/C32H39N5O8S/c1-21-13-22(2)30(23(3)14-21)46(42,43)36-27(31(39)40)17-35-29(38)20-44-26-15-25(16-34-28-11-7-8-12-33-28)37(18-26)32(41)45-19-24-9-5-4-6-10-24/h4-14,25-27,36H,15-20H2,1-3H3,(H,33,34)(H,35,38)(H,39,40). The topological polar surface area (TPSA) is 176 Å². The molecule has 0 spiro atoms. The number of likely N-dealkylation sites (tertiary alicyclic amines) is 1. The number of hydrogen-bond acceptors (Lipinski definition) is 9. The highest BCUT2D eigenvalue weighted by Gasteiger charge is 2.37. The number of carboxylic acids is 1. The number of amides is 2. The molecule has 0 radical (unpaired) electrons. The Bertz CT molecular complexity index is 1600. The Kier molecular flexibility index (Phi) is 11.7. The zero-order valence-corrected chi connectivity index (χ0v) is 26.7. The maximum atomic E-state index is 13.1. The van der Waals surface area contributed by atoms with E-state index in [0.717, 1.165) is 11.1 Å². The quantitative estimate of drug-likeness (QED) is 0.202. The van der Waals surface area contributed by atoms with Gasteiger partial charge in [-0.15, -0.1) is 0 Å². The summed E-state index contributed by atoms with van der Waals surface area (Å²) in [5, 5.41) is 15.3. The highest BCUT2D eigenvalue weighted by molar-refractivity contribution is 7.89. The highest BCUT2D eigenvalue weighted by atomic mass is 32.2. The van der Waals surface area contributed by atoms with Gasteiger partial charge in [-0.3, -0.25) is 9.59 Å². The second kappa shape index (κ2) is 15.7. The molecule has 2 heterocycles. The monoisotopic (exact) mass is 653 g/mol. The molecule has 0 aliphatic carbocycles. The average molecular weight is 654 g/mol. The van der Waals surface area contributed by atoms with Crippen LogP contribution in [0.15, 0.2) is 71.8 Å². The summed E-state index contributed by atoms with van der Waals surface area (Å²) in [6.45, 7) is 4.81. The number of aryl methyl sites for hydroxylation is 3. The normalized spacial score (nSPS) is 16.9. The first-order valence-corrected chi connectivity index (χ1v) is 16.2. The van der Waals surface area contributed by atoms with E-state index >= 15 is 0 Å². The van der Waals surface area contributed by atoms with Gasteiger partial charge in [0, 0.05) is 19.3 Å². The number of aliphatic carboxylic acids is 1. The molecule has 3 unspecified atom stereocenters. The van der Waals surface area contributed by atoms with Crippen LogP contribution in [0.1, 0.15) is 28.7 Å². The van der Waals surface area contributed by atoms with E-state index in [-0.39, 0.29) is 24.1 Å². The number of carboxylic acid groups (broad SMARTS) is 1. The number of pyridine rings is 1. The highest BCUT2D eigenvalue weighted by Crippen LogP contribution is 2.23. The fourth-order valence-corrected chi connectivity index (χ4v) is 7.02. The minimum atomic E-state index is -4.20. The maximum absolute atomic E-state index is 13.1. The number of rotatable bonds is 14. The first-order valence-electron chi connectivity index (χ1n) is 14.8. The third-order valence-electron chi connectivity index (χ3n) is 7.42. The third-order valence-corrected chi connectivity index (χ3v) is 9.20. The van der Waals surface area contributed by atoms with Crippen LogP contribution >= 0.6 is 0 Å². The zero-order chi connectivity index (χ0) is 33.3. The van der Waals surface area contributed by atoms with E-state index in [1.165, 1.54) is 0 Å². The van der Waals surface area contributed by atoms with Crippen LogP contribution in [0.3, 0.4) is 0 Å². The number of nitrogens with zero attached hydrogens (tertiary/aromatic N) is 2. The predicted octanol–water partition coefficient (Wildman–Crippen LogP) is 2.76. The summed E-state index contributed by atoms with van der Waals surface area (Å²) in [6.07, 6.45) is 1.02. The van der Waals surface area contributed by atoms with Crippen molar-refractivity contribution in [2.24, 2.45) is 0 Å². The molecule has 13 nitrogen and oxygen atoms in total. The first kappa shape index (κ1) is 34.3. The van der Waals surface area contributed by atoms with Gasteiger partial charge in [0.15, 0.2) is 0 Å². The summed E-state index contributed by atoms with van der Waals surface area (Å²) in [5.74, 6) is -1.45. The van der Waals surface area contributed by atoms with Crippen LogP contribution in [-0.4, -0.2) is 85.8 Å². The lowest BCUT2D eigenvalue weighted by Crippen LogP contribution is -2.49. The number of carbonyl (C=O) groups excluding carboxylic acids is 2. The molecule has 3 atom stereocenters. The average Bonchev–Trinajstić information content (AvgIpc) is 3.43. The Balaban J connectivity index is 1.32. The van der Waals surface area contributed by atoms with Gasteiger partial charge in [-0.2, -0.15) is 4.72 Å². The lowest BCUT2D eigenvalue weighted by atomic mass is 10.1. The van der Waals surface area contributed by atoms with Crippen LogP contribution in [0.5, 0.6) is 0 Å². The molecule has 1 fully saturated rings. The first-order chi connectivity index (χ1) is 21.9. The largest absolute Gasteiger partial charge is 0.480 e. The minimum Gasteiger partial charge on any atom is -0.480 e. The Morgan fingerprint density at radius 3 is 2.39 bits per heavy atom. The Morgan fingerprint density at radius 1 is 1.04 bits per heavy atom. The van der Waals surface area contributed by atoms with Gasteiger partial charge >= 0.3 is 12.1 Å². The number of carbonyl (C=O) groups is 3. The summed E-state index contributed by atoms with van der Waals surface area (Å²) < 4.78 is 39.7. The molecule has 0 saturated carbocycles. The van der Waals surface area contributed by atoms with Gasteiger partial charge in [-0.05, 0) is 56.0 Å². The molecule has 1 saturated heterocycles. The number of aromatic nitrogens is 1. The van der Waals surface area contributed by atoms with E-state index < -0.39 is 53.3 Å². The summed E-state index contributed by atoms with van der Waals surface area (Å²) in [5.41, 5.74) is 2.68. The molecule has 14 heteroatoms. The van der Waals surface area contributed by atoms with Gasteiger partial charge in [0.05, 0.1) is 23.6 Å². The molecular weight excluding hydrogens is 614 g/mol. The van der Waals surface area contributed by atoms with Crippen molar-refractivity contribution in [1.82, 2.24) is 19.9 Å². The molecule has 2 aromatic carbocycles. The van der Waals surface area contributed by atoms with Crippen LogP contribution in [0.4, 0.5) is 10.6 Å². The van der Waals surface area contributed by atoms with Gasteiger partial charge in [0.1, 0.15) is 25.1 Å². The SMILES string of the molecule is Cc1cc(C)c(S(=O)(=O)NC(CNC(=O)COC2CC(CNc3ccccn3)N(C(=O)OCc3ccccc3)C2)C(=O)O)c(C)c1. The van der Waals surface area contributed by atoms with Crippen LogP contribution in [0.2, 0.25) is 0 Å². The molecule has 3 aromatic rings. The van der Waals surface area contributed by atoms with Crippen molar-refractivity contribution in [3.05, 3.63) is 89.1 Å². The second-order valence-corrected chi connectivity index (χ2v) is 12.8. The number of ether oxygens (including phenoxy) is 2. The number of nitrogens with one attached hydrogen (secondary N) is 3. The molecule has 2 amide bonds. The van der Waals surface area contributed by atoms with Gasteiger partial charge in [0.25, 0.3) is 0 Å². The van der Waals surface area contributed by atoms with Crippen LogP contribution < -0.4 is 15.4 Å². The lowest BCUT2D eigenvalue weighted by molar-refractivity contribution is -0.139. The fraction of sp³-hybridized carbons (Fsp3) is 0.375. The molecule has 4 rings (SSSR count). The van der Waals surface area contributed by atoms with Crippen LogP contribution in [0.25, 0.3) is 0 Å². The Hall–Kier alpha value is -4.53. The molecule has 4 N–H and O–H groups in total. The zero-order valence-electron chi connectivity index (χ0n) is 25.9. The van der Waals surface area contributed by atoms with Gasteiger partial charge in [-0.25, -0.2) is 18.2 Å². The number of sulfonamides is 1. The molecule has 46 heavy (non-hydrogen) atoms. The fourth-order valence-electron chi connectivity index (χ4n) is 5.38. The summed E-state index contributed by atoms with van der Waals surface area (Å²) in [6, 6.07) is 16.2. The van der Waals surface area contributed by atoms with Gasteiger partial charge in [-0.1, -0.05) is 54.1 Å². The van der Waals surface area contributed by atoms with Crippen molar-refractivity contribution in [1.29, 1.82) is 0 Å². The number of hydrogen-bond donors (Lipinski definition) is 4. The molecule has 1 aliphatic rings. The van der Waals surface area contributed by atoms with E-state index in [9.17, 15) is 27.9 Å². The van der Waals surface area contributed by atoms with Crippen molar-refractivity contribution in [2.45, 2.75) is 56.9 Å². The Labute approximate surface area is 268 Å². The summed E-state index contributed by atoms with van der Waals surface area (Å²) in [4.78, 5) is 43.4. The van der Waals surface area contributed by atoms with Gasteiger partial charge < -0.3 is 30.1 Å². The minimum absolute atomic E-state index is 0.000757. The predicted molar refractivity (Wildman–Crippen MR) is 170 cm³/mol. The van der Waals surface area contributed by atoms with Crippen molar-refractivity contribution in [2.75, 3.05) is 31.6 Å². The molecule has 0 bridgehead atoms. The summed E-state index contributed by atoms with van der Waals surface area (Å²) in [7, 11) is -4.20.